The highest BCUT2D eigenvalue weighted by Gasteiger charge is 2.32. The first kappa shape index (κ1) is 19.9. The highest BCUT2D eigenvalue weighted by Crippen LogP contribution is 2.30. The summed E-state index contributed by atoms with van der Waals surface area (Å²) >= 11 is 0. The molecule has 1 unspecified atom stereocenters. The van der Waals surface area contributed by atoms with Gasteiger partial charge >= 0.3 is 0 Å². The minimum Gasteiger partial charge on any atom is -0.459 e. The van der Waals surface area contributed by atoms with Gasteiger partial charge in [-0.2, -0.15) is 0 Å². The minimum atomic E-state index is -0.445. The van der Waals surface area contributed by atoms with Gasteiger partial charge in [0.15, 0.2) is 5.76 Å². The molecule has 6 nitrogen and oxygen atoms in total. The number of rotatable bonds is 6. The Bertz CT molecular complexity index is 649. The highest BCUT2D eigenvalue weighted by molar-refractivity contribution is 5.91. The van der Waals surface area contributed by atoms with E-state index in [4.69, 9.17) is 19.3 Å². The van der Waals surface area contributed by atoms with Gasteiger partial charge in [0.25, 0.3) is 5.91 Å². The van der Waals surface area contributed by atoms with E-state index in [1.807, 2.05) is 30.3 Å². The molecule has 1 saturated heterocycles. The van der Waals surface area contributed by atoms with Crippen molar-refractivity contribution in [3.8, 4) is 0 Å². The Morgan fingerprint density at radius 1 is 1.22 bits per heavy atom. The van der Waals surface area contributed by atoms with Crippen LogP contribution in [0.15, 0.2) is 36.1 Å². The van der Waals surface area contributed by atoms with Crippen LogP contribution in [0.25, 0.3) is 0 Å². The van der Waals surface area contributed by atoms with E-state index in [2.05, 4.69) is 13.8 Å². The molecular weight excluding hydrogens is 346 g/mol. The fourth-order valence-electron chi connectivity index (χ4n) is 3.25. The number of hydrogen-bond donors (Lipinski definition) is 1. The molecule has 0 spiro atoms. The van der Waals surface area contributed by atoms with E-state index in [0.717, 1.165) is 17.5 Å². The average molecular weight is 375 g/mol. The van der Waals surface area contributed by atoms with Crippen molar-refractivity contribution in [3.05, 3.63) is 47.2 Å². The molecule has 148 valence electrons. The van der Waals surface area contributed by atoms with Crippen LogP contribution < -0.4 is 0 Å². The summed E-state index contributed by atoms with van der Waals surface area (Å²) in [6.45, 7) is 7.04. The second-order valence-electron chi connectivity index (χ2n) is 7.41. The topological polar surface area (TPSA) is 68.2 Å². The molecule has 1 amide bonds. The average Bonchev–Trinajstić information content (AvgIpc) is 2.72. The number of aliphatic hydroxyl groups is 1. The molecule has 2 aliphatic rings. The lowest BCUT2D eigenvalue weighted by molar-refractivity contribution is -0.161. The fourth-order valence-corrected chi connectivity index (χ4v) is 3.25. The third-order valence-corrected chi connectivity index (χ3v) is 5.10. The third kappa shape index (κ3) is 5.31. The summed E-state index contributed by atoms with van der Waals surface area (Å²) in [4.78, 5) is 14.6. The largest absolute Gasteiger partial charge is 0.459 e. The summed E-state index contributed by atoms with van der Waals surface area (Å²) in [6.07, 6.45) is 2.24. The maximum Gasteiger partial charge on any atom is 0.288 e. The van der Waals surface area contributed by atoms with Crippen molar-refractivity contribution >= 4 is 5.91 Å². The normalized spacial score (nSPS) is 23.1. The maximum absolute atomic E-state index is 12.8. The van der Waals surface area contributed by atoms with Crippen molar-refractivity contribution < 1.29 is 24.1 Å². The van der Waals surface area contributed by atoms with Crippen molar-refractivity contribution in [3.63, 3.8) is 0 Å². The Balaban J connectivity index is 1.63. The van der Waals surface area contributed by atoms with E-state index in [0.29, 0.717) is 44.6 Å². The van der Waals surface area contributed by atoms with Crippen LogP contribution in [0, 0.1) is 11.8 Å². The van der Waals surface area contributed by atoms with E-state index in [-0.39, 0.29) is 18.4 Å². The quantitative estimate of drug-likeness (QED) is 0.827. The van der Waals surface area contributed by atoms with Crippen LogP contribution in [0.4, 0.5) is 0 Å². The molecule has 1 aromatic carbocycles. The van der Waals surface area contributed by atoms with Crippen LogP contribution in [0.5, 0.6) is 0 Å². The molecule has 2 atom stereocenters. The smallest absolute Gasteiger partial charge is 0.288 e. The summed E-state index contributed by atoms with van der Waals surface area (Å²) in [5.74, 6) is 0.948. The van der Waals surface area contributed by atoms with Gasteiger partial charge in [-0.15, -0.1) is 0 Å². The van der Waals surface area contributed by atoms with E-state index in [1.54, 1.807) is 4.90 Å². The number of allylic oxidation sites excluding steroid dienone is 1. The van der Waals surface area contributed by atoms with Gasteiger partial charge in [-0.1, -0.05) is 38.1 Å². The van der Waals surface area contributed by atoms with Crippen molar-refractivity contribution in [1.82, 2.24) is 4.90 Å². The van der Waals surface area contributed by atoms with Gasteiger partial charge in [0, 0.05) is 19.5 Å². The first-order valence-corrected chi connectivity index (χ1v) is 9.62. The number of morpholine rings is 1. The van der Waals surface area contributed by atoms with Gasteiger partial charge in [-0.25, -0.2) is 0 Å². The van der Waals surface area contributed by atoms with Gasteiger partial charge in [0.2, 0.25) is 6.29 Å². The molecule has 0 saturated carbocycles. The first-order valence-electron chi connectivity index (χ1n) is 9.62. The summed E-state index contributed by atoms with van der Waals surface area (Å²) in [5, 5.41) is 9.13. The standard InChI is InChI=1S/C21H29NO5/c1-15(2)18-11-19(21(24)22-7-9-25-10-8-22)27-20(12-18)26-14-17-5-3-16(13-23)4-6-17/h3-6,11,15,18,20,23H,7-10,12-14H2,1-2H3/t18-,20?/m1/s1. The highest BCUT2D eigenvalue weighted by atomic mass is 16.7. The Morgan fingerprint density at radius 3 is 2.52 bits per heavy atom. The van der Waals surface area contributed by atoms with Crippen molar-refractivity contribution in [2.75, 3.05) is 26.3 Å². The Morgan fingerprint density at radius 2 is 1.89 bits per heavy atom. The van der Waals surface area contributed by atoms with Crippen LogP contribution in [-0.4, -0.2) is 48.5 Å². The third-order valence-electron chi connectivity index (χ3n) is 5.10. The molecule has 2 aliphatic heterocycles. The SMILES string of the molecule is CC(C)[C@@H]1C=C(C(=O)N2CCOCC2)OC(OCc2ccc(CO)cc2)C1. The molecule has 0 aromatic heterocycles. The van der Waals surface area contributed by atoms with Gasteiger partial charge in [-0.3, -0.25) is 4.79 Å². The molecule has 27 heavy (non-hydrogen) atoms. The first-order chi connectivity index (χ1) is 13.1. The minimum absolute atomic E-state index is 0.0285. The zero-order chi connectivity index (χ0) is 19.2. The van der Waals surface area contributed by atoms with E-state index >= 15 is 0 Å². The number of nitrogens with zero attached hydrogens (tertiary/aromatic N) is 1. The number of carbonyl (C=O) groups is 1. The Hall–Kier alpha value is -1.89. The summed E-state index contributed by atoms with van der Waals surface area (Å²) in [7, 11) is 0. The summed E-state index contributed by atoms with van der Waals surface area (Å²) < 4.78 is 17.2. The predicted molar refractivity (Wildman–Crippen MR) is 100 cm³/mol. The Labute approximate surface area is 160 Å². The number of ether oxygens (including phenoxy) is 3. The molecule has 1 aromatic rings. The molecule has 3 rings (SSSR count). The van der Waals surface area contributed by atoms with Crippen molar-refractivity contribution in [1.29, 1.82) is 0 Å². The lowest BCUT2D eigenvalue weighted by Crippen LogP contribution is -2.43. The molecule has 0 bridgehead atoms. The fraction of sp³-hybridized carbons (Fsp3) is 0.571. The number of benzene rings is 1. The van der Waals surface area contributed by atoms with Gasteiger partial charge in [0.1, 0.15) is 0 Å². The van der Waals surface area contributed by atoms with Crippen LogP contribution in [-0.2, 0) is 32.2 Å². The van der Waals surface area contributed by atoms with Crippen LogP contribution in [0.1, 0.15) is 31.4 Å². The van der Waals surface area contributed by atoms with Gasteiger partial charge in [-0.05, 0) is 29.0 Å². The van der Waals surface area contributed by atoms with Gasteiger partial charge < -0.3 is 24.2 Å². The molecule has 0 aliphatic carbocycles. The second kappa shape index (κ2) is 9.35. The Kier molecular flexibility index (Phi) is 6.88. The molecule has 1 fully saturated rings. The van der Waals surface area contributed by atoms with Crippen LogP contribution in [0.3, 0.4) is 0 Å². The summed E-state index contributed by atoms with van der Waals surface area (Å²) in [6, 6.07) is 7.63. The molecule has 6 heteroatoms. The monoisotopic (exact) mass is 375 g/mol. The number of carbonyl (C=O) groups excluding carboxylic acids is 1. The van der Waals surface area contributed by atoms with Crippen LogP contribution in [0.2, 0.25) is 0 Å². The molecule has 2 heterocycles. The van der Waals surface area contributed by atoms with Crippen molar-refractivity contribution in [2.45, 2.75) is 39.8 Å². The zero-order valence-corrected chi connectivity index (χ0v) is 16.1. The summed E-state index contributed by atoms with van der Waals surface area (Å²) in [5.41, 5.74) is 1.88. The number of amides is 1. The number of aliphatic hydroxyl groups excluding tert-OH is 1. The van der Waals surface area contributed by atoms with E-state index < -0.39 is 6.29 Å². The second-order valence-corrected chi connectivity index (χ2v) is 7.41. The van der Waals surface area contributed by atoms with Gasteiger partial charge in [0.05, 0.1) is 26.4 Å². The lowest BCUT2D eigenvalue weighted by atomic mass is 9.90. The van der Waals surface area contributed by atoms with Crippen molar-refractivity contribution in [2.24, 2.45) is 11.8 Å². The lowest BCUT2D eigenvalue weighted by Gasteiger charge is -2.34. The predicted octanol–water partition coefficient (Wildman–Crippen LogP) is 2.46. The van der Waals surface area contributed by atoms with E-state index in [1.165, 1.54) is 0 Å². The van der Waals surface area contributed by atoms with Crippen LogP contribution >= 0.6 is 0 Å². The molecular formula is C21H29NO5. The zero-order valence-electron chi connectivity index (χ0n) is 16.1. The number of hydrogen-bond acceptors (Lipinski definition) is 5. The molecule has 0 radical (unpaired) electrons. The molecule has 1 N–H and O–H groups in total. The maximum atomic E-state index is 12.8. The van der Waals surface area contributed by atoms with E-state index in [9.17, 15) is 4.79 Å².